The molecule has 1 fully saturated rings. The van der Waals surface area contributed by atoms with E-state index in [-0.39, 0.29) is 37.9 Å². The molecule has 0 aromatic heterocycles. The third-order valence-electron chi connectivity index (χ3n) is 6.70. The van der Waals surface area contributed by atoms with E-state index in [1.807, 2.05) is 4.90 Å². The predicted octanol–water partition coefficient (Wildman–Crippen LogP) is 2.53. The van der Waals surface area contributed by atoms with E-state index in [1.165, 1.54) is 34.6 Å². The van der Waals surface area contributed by atoms with E-state index in [0.717, 1.165) is 0 Å². The Bertz CT molecular complexity index is 1400. The first-order valence-corrected chi connectivity index (χ1v) is 15.5. The molecule has 1 saturated heterocycles. The van der Waals surface area contributed by atoms with Crippen LogP contribution < -0.4 is 10.2 Å². The first kappa shape index (κ1) is 34.9. The van der Waals surface area contributed by atoms with Crippen molar-refractivity contribution in [1.29, 1.82) is 0 Å². The Hall–Kier alpha value is -3.57. The number of halogens is 3. The van der Waals surface area contributed by atoms with Gasteiger partial charge in [-0.1, -0.05) is 11.6 Å². The van der Waals surface area contributed by atoms with Crippen molar-refractivity contribution < 1.29 is 46.3 Å². The lowest BCUT2D eigenvalue weighted by Crippen LogP contribution is -2.52. The van der Waals surface area contributed by atoms with Crippen LogP contribution in [0.5, 0.6) is 11.5 Å². The number of nitrogens with zero attached hydrogens (tertiary/aromatic N) is 4. The van der Waals surface area contributed by atoms with Crippen LogP contribution in [0.4, 0.5) is 13.6 Å². The van der Waals surface area contributed by atoms with Crippen LogP contribution in [0.15, 0.2) is 41.3 Å². The van der Waals surface area contributed by atoms with Crippen LogP contribution in [0.2, 0.25) is 5.02 Å². The standard InChI is InChI=1S/C27H34ClF2N5O8S/c1-3-33(25(37)18-32-9-11-34(12-10-32)27(38)42-4-2)13-14-35(17-24(36)31-39)44(40,41)21-15-22(29)26(23(30)16-21)43-20-7-5-19(28)6-8-20/h5-8,15-16,39H,3-4,9-14,17-18H2,1-2H3,(H,31,36). The average molecular weight is 662 g/mol. The molecule has 13 nitrogen and oxygen atoms in total. The summed E-state index contributed by atoms with van der Waals surface area (Å²) in [6, 6.07) is 6.70. The Kier molecular flexibility index (Phi) is 12.7. The van der Waals surface area contributed by atoms with Gasteiger partial charge < -0.3 is 19.3 Å². The highest BCUT2D eigenvalue weighted by Crippen LogP contribution is 2.31. The molecule has 2 N–H and O–H groups in total. The number of hydrogen-bond acceptors (Lipinski definition) is 9. The van der Waals surface area contributed by atoms with E-state index < -0.39 is 57.4 Å². The van der Waals surface area contributed by atoms with Gasteiger partial charge in [0.15, 0.2) is 17.4 Å². The van der Waals surface area contributed by atoms with Crippen molar-refractivity contribution in [3.05, 3.63) is 53.1 Å². The topological polar surface area (TPSA) is 149 Å². The van der Waals surface area contributed by atoms with Gasteiger partial charge in [0.25, 0.3) is 5.91 Å². The summed E-state index contributed by atoms with van der Waals surface area (Å²) in [5.74, 6) is -4.88. The Labute approximate surface area is 258 Å². The molecule has 17 heteroatoms. The minimum absolute atomic E-state index is 0.000113. The summed E-state index contributed by atoms with van der Waals surface area (Å²) in [5, 5.41) is 9.38. The number of benzene rings is 2. The van der Waals surface area contributed by atoms with Gasteiger partial charge >= 0.3 is 6.09 Å². The molecule has 2 aromatic carbocycles. The van der Waals surface area contributed by atoms with Crippen LogP contribution in [-0.2, 0) is 24.3 Å². The third-order valence-corrected chi connectivity index (χ3v) is 8.77. The Morgan fingerprint density at radius 3 is 2.18 bits per heavy atom. The van der Waals surface area contributed by atoms with Crippen molar-refractivity contribution in [2.75, 3.05) is 65.5 Å². The lowest BCUT2D eigenvalue weighted by Gasteiger charge is -2.35. The number of nitrogens with one attached hydrogen (secondary N) is 1. The zero-order valence-electron chi connectivity index (χ0n) is 24.2. The molecule has 0 saturated carbocycles. The summed E-state index contributed by atoms with van der Waals surface area (Å²) in [5.41, 5.74) is 1.33. The van der Waals surface area contributed by atoms with Gasteiger partial charge in [0.05, 0.1) is 24.6 Å². The maximum atomic E-state index is 14.9. The Balaban J connectivity index is 1.71. The van der Waals surface area contributed by atoms with Gasteiger partial charge in [-0.15, -0.1) is 0 Å². The molecule has 0 aliphatic carbocycles. The van der Waals surface area contributed by atoms with Crippen molar-refractivity contribution in [2.24, 2.45) is 0 Å². The molecule has 0 bridgehead atoms. The molecule has 1 heterocycles. The van der Waals surface area contributed by atoms with Crippen LogP contribution in [0, 0.1) is 11.6 Å². The first-order chi connectivity index (χ1) is 20.9. The zero-order chi connectivity index (χ0) is 32.4. The minimum Gasteiger partial charge on any atom is -0.451 e. The molecule has 3 rings (SSSR count). The number of sulfonamides is 1. The molecule has 0 atom stereocenters. The fourth-order valence-electron chi connectivity index (χ4n) is 4.32. The molecule has 3 amide bonds. The number of carbonyl (C=O) groups is 3. The van der Waals surface area contributed by atoms with E-state index >= 15 is 0 Å². The van der Waals surface area contributed by atoms with E-state index in [9.17, 15) is 31.6 Å². The van der Waals surface area contributed by atoms with Gasteiger partial charge in [-0.2, -0.15) is 4.31 Å². The molecular formula is C27H34ClF2N5O8S. The number of hydroxylamine groups is 1. The number of likely N-dealkylation sites (N-methyl/N-ethyl adjacent to an activating group) is 1. The number of amides is 3. The molecule has 0 unspecified atom stereocenters. The maximum Gasteiger partial charge on any atom is 0.409 e. The maximum absolute atomic E-state index is 14.9. The van der Waals surface area contributed by atoms with Crippen molar-refractivity contribution in [1.82, 2.24) is 24.5 Å². The number of carbonyl (C=O) groups excluding carboxylic acids is 3. The molecule has 1 aliphatic rings. The second-order valence-electron chi connectivity index (χ2n) is 9.58. The van der Waals surface area contributed by atoms with Gasteiger partial charge in [-0.05, 0) is 50.2 Å². The highest BCUT2D eigenvalue weighted by Gasteiger charge is 2.31. The number of ether oxygens (including phenoxy) is 2. The van der Waals surface area contributed by atoms with Crippen LogP contribution in [0.1, 0.15) is 13.8 Å². The second-order valence-corrected chi connectivity index (χ2v) is 12.0. The minimum atomic E-state index is -4.71. The zero-order valence-corrected chi connectivity index (χ0v) is 25.7. The van der Waals surface area contributed by atoms with E-state index in [0.29, 0.717) is 47.6 Å². The largest absolute Gasteiger partial charge is 0.451 e. The van der Waals surface area contributed by atoms with Crippen molar-refractivity contribution in [2.45, 2.75) is 18.7 Å². The first-order valence-electron chi connectivity index (χ1n) is 13.7. The molecule has 1 aliphatic heterocycles. The summed E-state index contributed by atoms with van der Waals surface area (Å²) >= 11 is 5.80. The van der Waals surface area contributed by atoms with Gasteiger partial charge in [0.2, 0.25) is 15.9 Å². The smallest absolute Gasteiger partial charge is 0.409 e. The summed E-state index contributed by atoms with van der Waals surface area (Å²) in [4.78, 5) is 40.9. The van der Waals surface area contributed by atoms with Crippen LogP contribution in [-0.4, -0.2) is 116 Å². The van der Waals surface area contributed by atoms with Crippen LogP contribution in [0.25, 0.3) is 0 Å². The average Bonchev–Trinajstić information content (AvgIpc) is 2.99. The van der Waals surface area contributed by atoms with Gasteiger partial charge in [0, 0.05) is 50.8 Å². The van der Waals surface area contributed by atoms with Crippen LogP contribution >= 0.6 is 11.6 Å². The summed E-state index contributed by atoms with van der Waals surface area (Å²) in [7, 11) is -4.71. The number of hydrogen-bond donors (Lipinski definition) is 2. The fourth-order valence-corrected chi connectivity index (χ4v) is 5.86. The quantitative estimate of drug-likeness (QED) is 0.244. The summed E-state index contributed by atoms with van der Waals surface area (Å²) in [6.07, 6.45) is -0.426. The second kappa shape index (κ2) is 15.9. The van der Waals surface area contributed by atoms with Crippen LogP contribution in [0.3, 0.4) is 0 Å². The van der Waals surface area contributed by atoms with Gasteiger partial charge in [-0.25, -0.2) is 27.5 Å². The van der Waals surface area contributed by atoms with Crippen molar-refractivity contribution in [3.8, 4) is 11.5 Å². The van der Waals surface area contributed by atoms with E-state index in [2.05, 4.69) is 0 Å². The molecule has 0 radical (unpaired) electrons. The van der Waals surface area contributed by atoms with Gasteiger partial charge in [0.1, 0.15) is 5.75 Å². The van der Waals surface area contributed by atoms with Crippen molar-refractivity contribution in [3.63, 3.8) is 0 Å². The summed E-state index contributed by atoms with van der Waals surface area (Å²) < 4.78 is 67.5. The van der Waals surface area contributed by atoms with E-state index in [4.69, 9.17) is 26.3 Å². The molecular weight excluding hydrogens is 628 g/mol. The molecule has 44 heavy (non-hydrogen) atoms. The molecule has 0 spiro atoms. The fraction of sp³-hybridized carbons (Fsp3) is 0.444. The SMILES string of the molecule is CCOC(=O)N1CCN(CC(=O)N(CC)CCN(CC(=O)NO)S(=O)(=O)c2cc(F)c(Oc3ccc(Cl)cc3)c(F)c2)CC1. The predicted molar refractivity (Wildman–Crippen MR) is 154 cm³/mol. The Morgan fingerprint density at radius 1 is 1.02 bits per heavy atom. The number of piperazine rings is 1. The summed E-state index contributed by atoms with van der Waals surface area (Å²) in [6.45, 7) is 3.94. The van der Waals surface area contributed by atoms with Gasteiger partial charge in [-0.3, -0.25) is 19.7 Å². The number of rotatable bonds is 13. The highest BCUT2D eigenvalue weighted by molar-refractivity contribution is 7.89. The lowest BCUT2D eigenvalue weighted by atomic mass is 10.3. The monoisotopic (exact) mass is 661 g/mol. The molecule has 2 aromatic rings. The van der Waals surface area contributed by atoms with E-state index in [1.54, 1.807) is 18.7 Å². The Morgan fingerprint density at radius 2 is 1.64 bits per heavy atom. The normalized spacial score (nSPS) is 13.9. The third kappa shape index (κ3) is 9.22. The highest BCUT2D eigenvalue weighted by atomic mass is 35.5. The van der Waals surface area contributed by atoms with Crippen molar-refractivity contribution >= 4 is 39.5 Å². The lowest BCUT2D eigenvalue weighted by molar-refractivity contribution is -0.132. The molecule has 242 valence electrons.